The van der Waals surface area contributed by atoms with Gasteiger partial charge >= 0.3 is 5.97 Å². The smallest absolute Gasteiger partial charge is 0.330 e. The first-order chi connectivity index (χ1) is 16.3. The van der Waals surface area contributed by atoms with E-state index in [2.05, 4.69) is 20.9 Å². The topological polar surface area (TPSA) is 147 Å². The van der Waals surface area contributed by atoms with E-state index >= 15 is 0 Å². The van der Waals surface area contributed by atoms with Gasteiger partial charge in [-0.3, -0.25) is 14.4 Å². The average molecular weight is 523 g/mol. The number of aromatic hydroxyl groups is 1. The van der Waals surface area contributed by atoms with E-state index in [1.165, 1.54) is 23.5 Å². The largest absolute Gasteiger partial charge is 0.508 e. The Morgan fingerprint density at radius 3 is 2.65 bits per heavy atom. The van der Waals surface area contributed by atoms with Crippen LogP contribution in [-0.2, 0) is 20.7 Å². The Bertz CT molecular complexity index is 1200. The Hall–Kier alpha value is -3.48. The minimum absolute atomic E-state index is 0.0263. The third kappa shape index (κ3) is 6.76. The molecule has 2 heterocycles. The van der Waals surface area contributed by atoms with Crippen LogP contribution < -0.4 is 16.0 Å². The van der Waals surface area contributed by atoms with E-state index in [1.54, 1.807) is 29.6 Å². The van der Waals surface area contributed by atoms with Crippen molar-refractivity contribution in [2.45, 2.75) is 12.5 Å². The van der Waals surface area contributed by atoms with Crippen LogP contribution in [0.25, 0.3) is 0 Å². The molecule has 0 unspecified atom stereocenters. The number of esters is 1. The number of halogens is 1. The zero-order chi connectivity index (χ0) is 24.7. The highest BCUT2D eigenvalue weighted by atomic mass is 35.5. The number of rotatable bonds is 9. The molecule has 10 nitrogen and oxygen atoms in total. The summed E-state index contributed by atoms with van der Waals surface area (Å²) in [5, 5.41) is 18.7. The summed E-state index contributed by atoms with van der Waals surface area (Å²) in [7, 11) is 1.16. The van der Waals surface area contributed by atoms with Gasteiger partial charge in [0.05, 0.1) is 18.4 Å². The summed E-state index contributed by atoms with van der Waals surface area (Å²) in [6, 6.07) is 8.39. The monoisotopic (exact) mass is 522 g/mol. The van der Waals surface area contributed by atoms with Gasteiger partial charge in [0, 0.05) is 6.54 Å². The molecule has 13 heteroatoms. The molecule has 3 amide bonds. The molecule has 4 N–H and O–H groups in total. The van der Waals surface area contributed by atoms with Gasteiger partial charge in [-0.1, -0.05) is 41.1 Å². The van der Waals surface area contributed by atoms with Gasteiger partial charge in [0.25, 0.3) is 11.8 Å². The first kappa shape index (κ1) is 25.1. The van der Waals surface area contributed by atoms with Gasteiger partial charge in [0.15, 0.2) is 10.3 Å². The predicted molar refractivity (Wildman–Crippen MR) is 127 cm³/mol. The molecule has 34 heavy (non-hydrogen) atoms. The van der Waals surface area contributed by atoms with Crippen molar-refractivity contribution in [3.8, 4) is 5.75 Å². The summed E-state index contributed by atoms with van der Waals surface area (Å²) in [4.78, 5) is 53.6. The number of thiazole rings is 1. The van der Waals surface area contributed by atoms with E-state index in [9.17, 15) is 24.3 Å². The molecule has 0 fully saturated rings. The number of nitrogens with zero attached hydrogens (tertiary/aromatic N) is 1. The minimum atomic E-state index is -1.18. The molecule has 1 atom stereocenters. The van der Waals surface area contributed by atoms with E-state index in [4.69, 9.17) is 16.3 Å². The summed E-state index contributed by atoms with van der Waals surface area (Å²) in [6.45, 7) is -0.209. The second kappa shape index (κ2) is 11.6. The number of phenolic OH excluding ortho intramolecular Hbond substituents is 1. The summed E-state index contributed by atoms with van der Waals surface area (Å²) in [6.07, 6.45) is -0.0263. The van der Waals surface area contributed by atoms with Crippen molar-refractivity contribution in [3.05, 3.63) is 62.2 Å². The van der Waals surface area contributed by atoms with E-state index in [1.807, 2.05) is 0 Å². The van der Waals surface area contributed by atoms with Gasteiger partial charge in [-0.15, -0.1) is 11.3 Å². The molecule has 178 valence electrons. The van der Waals surface area contributed by atoms with E-state index in [0.717, 1.165) is 18.4 Å². The fourth-order valence-electron chi connectivity index (χ4n) is 2.76. The molecule has 0 saturated heterocycles. The number of amides is 3. The highest BCUT2D eigenvalue weighted by Gasteiger charge is 2.26. The molecule has 0 aliphatic rings. The molecule has 0 bridgehead atoms. The van der Waals surface area contributed by atoms with Gasteiger partial charge in [-0.05, 0) is 29.1 Å². The molecule has 0 aliphatic carbocycles. The second-order valence-electron chi connectivity index (χ2n) is 6.77. The van der Waals surface area contributed by atoms with Gasteiger partial charge in [-0.2, -0.15) is 0 Å². The number of carbonyl (C=O) groups is 4. The quantitative estimate of drug-likeness (QED) is 0.315. The molecule has 0 spiro atoms. The Balaban J connectivity index is 1.62. The first-order valence-corrected chi connectivity index (χ1v) is 11.8. The van der Waals surface area contributed by atoms with Crippen molar-refractivity contribution in [3.63, 3.8) is 0 Å². The number of thiophene rings is 1. The maximum absolute atomic E-state index is 12.7. The number of aromatic nitrogens is 1. The van der Waals surface area contributed by atoms with Crippen LogP contribution in [0, 0.1) is 0 Å². The van der Waals surface area contributed by atoms with Crippen molar-refractivity contribution >= 4 is 63.1 Å². The molecule has 1 aromatic carbocycles. The van der Waals surface area contributed by atoms with Crippen molar-refractivity contribution in [1.82, 2.24) is 15.6 Å². The van der Waals surface area contributed by atoms with E-state index < -0.39 is 29.7 Å². The molecule has 0 aliphatic heterocycles. The third-order valence-electron chi connectivity index (χ3n) is 4.32. The number of methoxy groups -OCH3 is 1. The number of hydrogen-bond donors (Lipinski definition) is 4. The average Bonchev–Trinajstić information content (AvgIpc) is 3.45. The molecular weight excluding hydrogens is 504 g/mol. The van der Waals surface area contributed by atoms with Crippen LogP contribution >= 0.6 is 34.3 Å². The van der Waals surface area contributed by atoms with Crippen molar-refractivity contribution in [1.29, 1.82) is 0 Å². The lowest BCUT2D eigenvalue weighted by molar-refractivity contribution is -0.142. The number of nitrogens with one attached hydrogen (secondary N) is 3. The Kier molecular flexibility index (Phi) is 8.57. The highest BCUT2D eigenvalue weighted by Crippen LogP contribution is 2.27. The third-order valence-corrected chi connectivity index (χ3v) is 6.54. The number of hydrogen-bond acceptors (Lipinski definition) is 9. The van der Waals surface area contributed by atoms with Crippen molar-refractivity contribution < 1.29 is 29.0 Å². The Labute approximate surface area is 206 Å². The summed E-state index contributed by atoms with van der Waals surface area (Å²) < 4.78 is 4.70. The molecule has 3 aromatic rings. The zero-order valence-corrected chi connectivity index (χ0v) is 20.1. The number of anilines is 1. The van der Waals surface area contributed by atoms with Crippen LogP contribution in [0.1, 0.15) is 24.9 Å². The zero-order valence-electron chi connectivity index (χ0n) is 17.7. The number of phenols is 1. The van der Waals surface area contributed by atoms with Crippen LogP contribution in [0.3, 0.4) is 0 Å². The van der Waals surface area contributed by atoms with Crippen molar-refractivity contribution in [2.75, 3.05) is 19.0 Å². The molecule has 0 saturated carbocycles. The lowest BCUT2D eigenvalue weighted by Crippen LogP contribution is -2.48. The first-order valence-electron chi connectivity index (χ1n) is 9.71. The Morgan fingerprint density at radius 1 is 1.18 bits per heavy atom. The van der Waals surface area contributed by atoms with Gasteiger partial charge < -0.3 is 25.8 Å². The highest BCUT2D eigenvalue weighted by molar-refractivity contribution is 7.18. The molecule has 3 rings (SSSR count). The number of carbonyl (C=O) groups excluding carboxylic acids is 4. The normalized spacial score (nSPS) is 11.4. The van der Waals surface area contributed by atoms with Crippen LogP contribution in [0.4, 0.5) is 5.13 Å². The van der Waals surface area contributed by atoms with Crippen LogP contribution in [0.15, 0.2) is 41.8 Å². The van der Waals surface area contributed by atoms with Gasteiger partial charge in [0.1, 0.15) is 16.7 Å². The number of benzene rings is 1. The standard InChI is InChI=1S/C21H19ClN4O6S2/c1-32-20(31)13(10-23-18(29)14-6-3-7-33-14)24-19(30)16-17(22)26-21(34-16)25-15(28)9-11-4-2-5-12(27)8-11/h2-8,13,27H,9-10H2,1H3,(H,23,29)(H,24,30)(H,25,26,28)/t13-/m0/s1. The van der Waals surface area contributed by atoms with Gasteiger partial charge in [-0.25, -0.2) is 9.78 Å². The van der Waals surface area contributed by atoms with E-state index in [-0.39, 0.29) is 33.9 Å². The maximum Gasteiger partial charge on any atom is 0.330 e. The summed E-state index contributed by atoms with van der Waals surface area (Å²) in [5.41, 5.74) is 0.587. The fourth-order valence-corrected chi connectivity index (χ4v) is 4.51. The van der Waals surface area contributed by atoms with E-state index in [0.29, 0.717) is 10.4 Å². The number of ether oxygens (including phenoxy) is 1. The van der Waals surface area contributed by atoms with Gasteiger partial charge in [0.2, 0.25) is 5.91 Å². The minimum Gasteiger partial charge on any atom is -0.508 e. The SMILES string of the molecule is COC(=O)[C@H](CNC(=O)c1cccs1)NC(=O)c1sc(NC(=O)Cc2cccc(O)c2)nc1Cl. The second-order valence-corrected chi connectivity index (χ2v) is 9.08. The Morgan fingerprint density at radius 2 is 1.97 bits per heavy atom. The van der Waals surface area contributed by atoms with Crippen LogP contribution in [0.5, 0.6) is 5.75 Å². The summed E-state index contributed by atoms with van der Waals surface area (Å²) >= 11 is 8.12. The van der Waals surface area contributed by atoms with Crippen molar-refractivity contribution in [2.24, 2.45) is 0 Å². The fraction of sp³-hybridized carbons (Fsp3) is 0.190. The lowest BCUT2D eigenvalue weighted by atomic mass is 10.1. The summed E-state index contributed by atoms with van der Waals surface area (Å²) in [5.74, 6) is -2.28. The lowest BCUT2D eigenvalue weighted by Gasteiger charge is -2.16. The van der Waals surface area contributed by atoms with Crippen LogP contribution in [-0.4, -0.2) is 53.5 Å². The van der Waals surface area contributed by atoms with Crippen LogP contribution in [0.2, 0.25) is 5.15 Å². The molecule has 2 aromatic heterocycles. The molecule has 0 radical (unpaired) electrons. The predicted octanol–water partition coefficient (Wildman–Crippen LogP) is 2.45. The molecular formula is C21H19ClN4O6S2. The maximum atomic E-state index is 12.7.